The van der Waals surface area contributed by atoms with Gasteiger partial charge in [0.05, 0.1) is 5.71 Å². The van der Waals surface area contributed by atoms with Gasteiger partial charge in [-0.05, 0) is 18.7 Å². The Morgan fingerprint density at radius 1 is 1.08 bits per heavy atom. The monoisotopic (exact) mass is 328 g/mol. The molecule has 0 spiro atoms. The maximum atomic E-state index is 12.0. The first-order valence-electron chi connectivity index (χ1n) is 8.47. The third kappa shape index (κ3) is 1.86. The highest BCUT2D eigenvalue weighted by Crippen LogP contribution is 2.45. The van der Waals surface area contributed by atoms with Crippen LogP contribution in [0.3, 0.4) is 0 Å². The maximum Gasteiger partial charge on any atom is 0.288 e. The minimum absolute atomic E-state index is 0.167. The van der Waals surface area contributed by atoms with Gasteiger partial charge in [-0.2, -0.15) is 5.26 Å². The van der Waals surface area contributed by atoms with Crippen LogP contribution in [0.1, 0.15) is 11.1 Å². The zero-order valence-corrected chi connectivity index (χ0v) is 13.9. The van der Waals surface area contributed by atoms with Crippen molar-refractivity contribution in [3.63, 3.8) is 0 Å². The van der Waals surface area contributed by atoms with Gasteiger partial charge in [0.2, 0.25) is 0 Å². The molecule has 0 aromatic heterocycles. The molecule has 0 N–H and O–H groups in total. The normalized spacial score (nSPS) is 19.4. The number of aliphatic imine (C=N–C) groups is 1. The van der Waals surface area contributed by atoms with E-state index in [4.69, 9.17) is 0 Å². The van der Waals surface area contributed by atoms with Crippen LogP contribution in [-0.4, -0.2) is 49.7 Å². The number of carbonyl (C=O) groups is 1. The highest BCUT2D eigenvalue weighted by molar-refractivity contribution is 6.50. The second-order valence-corrected chi connectivity index (χ2v) is 6.78. The molecule has 25 heavy (non-hydrogen) atoms. The number of nitriles is 1. The summed E-state index contributed by atoms with van der Waals surface area (Å²) in [7, 11) is 2.15. The lowest BCUT2D eigenvalue weighted by Crippen LogP contribution is -2.44. The van der Waals surface area contributed by atoms with Crippen molar-refractivity contribution < 1.29 is 4.79 Å². The zero-order chi connectivity index (χ0) is 17.1. The van der Waals surface area contributed by atoms with Gasteiger partial charge in [0, 0.05) is 53.8 Å². The molecule has 2 heterocycles. The molecule has 0 unspecified atom stereocenters. The van der Waals surface area contributed by atoms with Crippen LogP contribution in [-0.2, 0) is 4.79 Å². The Labute approximate surface area is 145 Å². The molecule has 5 rings (SSSR count). The third-order valence-electron chi connectivity index (χ3n) is 5.41. The van der Waals surface area contributed by atoms with E-state index in [1.165, 1.54) is 11.1 Å². The molecule has 0 atom stereocenters. The van der Waals surface area contributed by atoms with Crippen LogP contribution >= 0.6 is 0 Å². The fraction of sp³-hybridized carbons (Fsp3) is 0.250. The van der Waals surface area contributed by atoms with Gasteiger partial charge in [-0.1, -0.05) is 24.3 Å². The number of fused-ring (bicyclic) bond motifs is 3. The average Bonchev–Trinajstić information content (AvgIpc) is 3.11. The predicted octanol–water partition coefficient (Wildman–Crippen LogP) is 2.21. The predicted molar refractivity (Wildman–Crippen MR) is 97.7 cm³/mol. The van der Waals surface area contributed by atoms with Gasteiger partial charge >= 0.3 is 0 Å². The van der Waals surface area contributed by atoms with E-state index in [-0.39, 0.29) is 5.57 Å². The summed E-state index contributed by atoms with van der Waals surface area (Å²) >= 11 is 0. The Balaban J connectivity index is 1.74. The molecular weight excluding hydrogens is 312 g/mol. The van der Waals surface area contributed by atoms with E-state index < -0.39 is 5.91 Å². The number of allylic oxidation sites excluding steroid dienone is 1. The Bertz CT molecular complexity index is 1050. The maximum absolute atomic E-state index is 12.0. The van der Waals surface area contributed by atoms with E-state index in [1.54, 1.807) is 0 Å². The van der Waals surface area contributed by atoms with E-state index in [1.807, 2.05) is 24.3 Å². The molecule has 122 valence electrons. The summed E-state index contributed by atoms with van der Waals surface area (Å²) in [5.74, 6) is -0.418. The number of piperazine rings is 1. The van der Waals surface area contributed by atoms with Crippen molar-refractivity contribution in [1.29, 1.82) is 5.26 Å². The minimum atomic E-state index is -0.418. The van der Waals surface area contributed by atoms with Crippen LogP contribution in [0.4, 0.5) is 5.69 Å². The van der Waals surface area contributed by atoms with Gasteiger partial charge in [-0.25, -0.2) is 4.99 Å². The molecule has 5 nitrogen and oxygen atoms in total. The van der Waals surface area contributed by atoms with Crippen molar-refractivity contribution in [2.75, 3.05) is 38.1 Å². The lowest BCUT2D eigenvalue weighted by atomic mass is 9.99. The summed E-state index contributed by atoms with van der Waals surface area (Å²) in [4.78, 5) is 20.9. The molecule has 0 radical (unpaired) electrons. The lowest BCUT2D eigenvalue weighted by molar-refractivity contribution is -0.113. The molecule has 5 heteroatoms. The molecule has 0 saturated carbocycles. The van der Waals surface area contributed by atoms with Crippen LogP contribution in [0.25, 0.3) is 16.3 Å². The van der Waals surface area contributed by atoms with Crippen molar-refractivity contribution >= 4 is 33.7 Å². The molecule has 1 aliphatic carbocycles. The van der Waals surface area contributed by atoms with E-state index in [2.05, 4.69) is 34.0 Å². The SMILES string of the molecule is CN1CCN(c2ccc3c4c(cccc24)C2=NC(=O)C(C#N)=C23)CC1. The Kier molecular flexibility index (Phi) is 2.88. The quantitative estimate of drug-likeness (QED) is 0.805. The fourth-order valence-corrected chi connectivity index (χ4v) is 4.12. The van der Waals surface area contributed by atoms with E-state index in [0.717, 1.165) is 42.7 Å². The summed E-state index contributed by atoms with van der Waals surface area (Å²) < 4.78 is 0. The van der Waals surface area contributed by atoms with Crippen LogP contribution in [0.5, 0.6) is 0 Å². The number of hydrogen-bond donors (Lipinski definition) is 0. The van der Waals surface area contributed by atoms with E-state index in [9.17, 15) is 10.1 Å². The van der Waals surface area contributed by atoms with Crippen LogP contribution in [0, 0.1) is 11.3 Å². The van der Waals surface area contributed by atoms with E-state index in [0.29, 0.717) is 11.3 Å². The third-order valence-corrected chi connectivity index (χ3v) is 5.41. The molecule has 2 aromatic rings. The minimum Gasteiger partial charge on any atom is -0.368 e. The van der Waals surface area contributed by atoms with E-state index >= 15 is 0 Å². The summed E-state index contributed by atoms with van der Waals surface area (Å²) in [6.07, 6.45) is 0. The van der Waals surface area contributed by atoms with Crippen LogP contribution < -0.4 is 4.90 Å². The molecule has 0 bridgehead atoms. The number of carbonyl (C=O) groups excluding carboxylic acids is 1. The van der Waals surface area contributed by atoms with Crippen molar-refractivity contribution in [2.45, 2.75) is 0 Å². The standard InChI is InChI=1S/C20H16N4O/c1-23-7-9-24(10-8-23)16-6-5-13-17-12(16)3-2-4-14(17)19-18(13)15(11-21)20(25)22-19/h2-6H,7-10H2,1H3. The number of amides is 1. The van der Waals surface area contributed by atoms with Crippen molar-refractivity contribution in [3.8, 4) is 6.07 Å². The number of likely N-dealkylation sites (N-methyl/N-ethyl adjacent to an activating group) is 1. The van der Waals surface area contributed by atoms with Gasteiger partial charge in [0.1, 0.15) is 11.6 Å². The molecule has 1 amide bonds. The van der Waals surface area contributed by atoms with Gasteiger partial charge in [-0.3, -0.25) is 4.79 Å². The molecule has 2 aromatic carbocycles. The molecular formula is C20H16N4O. The molecule has 1 fully saturated rings. The highest BCUT2D eigenvalue weighted by Gasteiger charge is 2.36. The topological polar surface area (TPSA) is 59.7 Å². The van der Waals surface area contributed by atoms with Crippen molar-refractivity contribution in [2.24, 2.45) is 4.99 Å². The molecule has 3 aliphatic rings. The number of benzene rings is 2. The van der Waals surface area contributed by atoms with Gasteiger partial charge in [0.25, 0.3) is 5.91 Å². The summed E-state index contributed by atoms with van der Waals surface area (Å²) in [6, 6.07) is 12.4. The Hall–Kier alpha value is -2.97. The Morgan fingerprint density at radius 3 is 2.64 bits per heavy atom. The molecule has 1 saturated heterocycles. The second kappa shape index (κ2) is 5.01. The number of nitrogens with zero attached hydrogens (tertiary/aromatic N) is 4. The summed E-state index contributed by atoms with van der Waals surface area (Å²) in [5, 5.41) is 11.7. The largest absolute Gasteiger partial charge is 0.368 e. The number of anilines is 1. The van der Waals surface area contributed by atoms with Gasteiger partial charge in [-0.15, -0.1) is 0 Å². The first-order chi connectivity index (χ1) is 12.2. The van der Waals surface area contributed by atoms with Crippen molar-refractivity contribution in [3.05, 3.63) is 47.0 Å². The highest BCUT2D eigenvalue weighted by atomic mass is 16.1. The van der Waals surface area contributed by atoms with Gasteiger partial charge in [0.15, 0.2) is 0 Å². The number of hydrogen-bond acceptors (Lipinski definition) is 4. The summed E-state index contributed by atoms with van der Waals surface area (Å²) in [6.45, 7) is 4.10. The Morgan fingerprint density at radius 2 is 1.88 bits per heavy atom. The summed E-state index contributed by atoms with van der Waals surface area (Å²) in [5.41, 5.74) is 4.70. The zero-order valence-electron chi connectivity index (χ0n) is 13.9. The number of rotatable bonds is 1. The first kappa shape index (κ1) is 14.4. The average molecular weight is 328 g/mol. The molecule has 2 aliphatic heterocycles. The smallest absolute Gasteiger partial charge is 0.288 e. The fourth-order valence-electron chi connectivity index (χ4n) is 4.12. The van der Waals surface area contributed by atoms with Gasteiger partial charge < -0.3 is 9.80 Å². The second-order valence-electron chi connectivity index (χ2n) is 6.78. The van der Waals surface area contributed by atoms with Crippen LogP contribution in [0.15, 0.2) is 40.9 Å². The van der Waals surface area contributed by atoms with Crippen LogP contribution in [0.2, 0.25) is 0 Å². The first-order valence-corrected chi connectivity index (χ1v) is 8.47. The lowest BCUT2D eigenvalue weighted by Gasteiger charge is -2.34. The van der Waals surface area contributed by atoms with Crippen molar-refractivity contribution in [1.82, 2.24) is 4.90 Å².